The van der Waals surface area contributed by atoms with E-state index in [1.54, 1.807) is 0 Å². The van der Waals surface area contributed by atoms with Gasteiger partial charge in [-0.1, -0.05) is 22.9 Å². The molecule has 0 aliphatic carbocycles. The van der Waals surface area contributed by atoms with Crippen molar-refractivity contribution in [2.45, 2.75) is 19.8 Å². The summed E-state index contributed by atoms with van der Waals surface area (Å²) in [6.07, 6.45) is 2.51. The molecule has 0 spiro atoms. The fourth-order valence-corrected chi connectivity index (χ4v) is 2.77. The fraction of sp³-hybridized carbons (Fsp3) is 0.462. The zero-order valence-electron chi connectivity index (χ0n) is 10.0. The summed E-state index contributed by atoms with van der Waals surface area (Å²) in [7, 11) is 0. The highest BCUT2D eigenvalue weighted by Gasteiger charge is 2.19. The highest BCUT2D eigenvalue weighted by molar-refractivity contribution is 9.10. The van der Waals surface area contributed by atoms with Crippen LogP contribution in [0.1, 0.15) is 25.3 Å². The SMILES string of the molecule is CC1CCCN(c2ccc(Br)cc2C(=N)N)C1. The van der Waals surface area contributed by atoms with Crippen molar-refractivity contribution < 1.29 is 0 Å². The lowest BCUT2D eigenvalue weighted by Gasteiger charge is -2.34. The second-order valence-electron chi connectivity index (χ2n) is 4.77. The first-order valence-electron chi connectivity index (χ1n) is 5.97. The van der Waals surface area contributed by atoms with Gasteiger partial charge in [0.15, 0.2) is 0 Å². The van der Waals surface area contributed by atoms with Crippen LogP contribution in [-0.2, 0) is 0 Å². The van der Waals surface area contributed by atoms with E-state index in [0.717, 1.165) is 28.8 Å². The van der Waals surface area contributed by atoms with Crippen LogP contribution in [0.25, 0.3) is 0 Å². The molecule has 0 saturated carbocycles. The molecular weight excluding hydrogens is 278 g/mol. The summed E-state index contributed by atoms with van der Waals surface area (Å²) in [6.45, 7) is 4.40. The average molecular weight is 296 g/mol. The third-order valence-corrected chi connectivity index (χ3v) is 3.74. The van der Waals surface area contributed by atoms with Crippen LogP contribution >= 0.6 is 15.9 Å². The molecule has 1 aliphatic heterocycles. The molecule has 0 radical (unpaired) electrons. The van der Waals surface area contributed by atoms with Gasteiger partial charge in [-0.3, -0.25) is 5.41 Å². The molecule has 0 aromatic heterocycles. The predicted molar refractivity (Wildman–Crippen MR) is 75.8 cm³/mol. The fourth-order valence-electron chi connectivity index (χ4n) is 2.41. The van der Waals surface area contributed by atoms with E-state index in [0.29, 0.717) is 5.92 Å². The van der Waals surface area contributed by atoms with Crippen molar-refractivity contribution in [3.63, 3.8) is 0 Å². The van der Waals surface area contributed by atoms with Gasteiger partial charge in [-0.15, -0.1) is 0 Å². The molecular formula is C13H18BrN3. The number of piperidine rings is 1. The van der Waals surface area contributed by atoms with Gasteiger partial charge >= 0.3 is 0 Å². The normalized spacial score (nSPS) is 20.4. The van der Waals surface area contributed by atoms with Crippen LogP contribution in [0.4, 0.5) is 5.69 Å². The Labute approximate surface area is 111 Å². The Morgan fingerprint density at radius 2 is 2.29 bits per heavy atom. The molecule has 0 amide bonds. The molecule has 3 N–H and O–H groups in total. The van der Waals surface area contributed by atoms with Gasteiger partial charge in [-0.25, -0.2) is 0 Å². The van der Waals surface area contributed by atoms with Crippen molar-refractivity contribution >= 4 is 27.5 Å². The molecule has 1 aliphatic rings. The average Bonchev–Trinajstić information content (AvgIpc) is 2.28. The molecule has 1 aromatic carbocycles. The molecule has 0 bridgehead atoms. The smallest absolute Gasteiger partial charge is 0.124 e. The van der Waals surface area contributed by atoms with Crippen LogP contribution < -0.4 is 10.6 Å². The Morgan fingerprint density at radius 3 is 2.94 bits per heavy atom. The lowest BCUT2D eigenvalue weighted by Crippen LogP contribution is -2.35. The monoisotopic (exact) mass is 295 g/mol. The number of nitrogens with zero attached hydrogens (tertiary/aromatic N) is 1. The van der Waals surface area contributed by atoms with Crippen molar-refractivity contribution in [2.75, 3.05) is 18.0 Å². The number of hydrogen-bond acceptors (Lipinski definition) is 2. The molecule has 4 heteroatoms. The van der Waals surface area contributed by atoms with Crippen LogP contribution in [0.3, 0.4) is 0 Å². The molecule has 1 heterocycles. The van der Waals surface area contributed by atoms with E-state index in [2.05, 4.69) is 33.8 Å². The van der Waals surface area contributed by atoms with Crippen LogP contribution in [0.5, 0.6) is 0 Å². The second-order valence-corrected chi connectivity index (χ2v) is 5.68. The maximum Gasteiger partial charge on any atom is 0.124 e. The standard InChI is InChI=1S/C13H18BrN3/c1-9-3-2-6-17(8-9)12-5-4-10(14)7-11(12)13(15)16/h4-5,7,9H,2-3,6,8H2,1H3,(H3,15,16). The van der Waals surface area contributed by atoms with Gasteiger partial charge in [0, 0.05) is 28.8 Å². The van der Waals surface area contributed by atoms with Crippen LogP contribution in [0.15, 0.2) is 22.7 Å². The zero-order valence-corrected chi connectivity index (χ0v) is 11.6. The first-order valence-corrected chi connectivity index (χ1v) is 6.76. The van der Waals surface area contributed by atoms with E-state index < -0.39 is 0 Å². The highest BCUT2D eigenvalue weighted by Crippen LogP contribution is 2.28. The number of rotatable bonds is 2. The first kappa shape index (κ1) is 12.4. The Bertz CT molecular complexity index is 431. The van der Waals surface area contributed by atoms with Gasteiger partial charge in [-0.2, -0.15) is 0 Å². The van der Waals surface area contributed by atoms with Crippen molar-refractivity contribution in [3.8, 4) is 0 Å². The minimum atomic E-state index is 0.138. The highest BCUT2D eigenvalue weighted by atomic mass is 79.9. The summed E-state index contributed by atoms with van der Waals surface area (Å²) in [6, 6.07) is 6.00. The summed E-state index contributed by atoms with van der Waals surface area (Å²) in [4.78, 5) is 2.34. The van der Waals surface area contributed by atoms with Gasteiger partial charge in [0.25, 0.3) is 0 Å². The maximum atomic E-state index is 7.67. The van der Waals surface area contributed by atoms with Crippen molar-refractivity contribution in [3.05, 3.63) is 28.2 Å². The number of halogens is 1. The summed E-state index contributed by atoms with van der Waals surface area (Å²) in [5.74, 6) is 0.853. The Hall–Kier alpha value is -1.03. The van der Waals surface area contributed by atoms with Crippen LogP contribution in [0.2, 0.25) is 0 Å². The van der Waals surface area contributed by atoms with Crippen molar-refractivity contribution in [1.82, 2.24) is 0 Å². The summed E-state index contributed by atoms with van der Waals surface area (Å²) < 4.78 is 0.969. The van der Waals surface area contributed by atoms with Gasteiger partial charge in [-0.05, 0) is 37.0 Å². The zero-order chi connectivity index (χ0) is 12.4. The van der Waals surface area contributed by atoms with E-state index in [1.165, 1.54) is 12.8 Å². The van der Waals surface area contributed by atoms with E-state index >= 15 is 0 Å². The lowest BCUT2D eigenvalue weighted by atomic mass is 9.98. The largest absolute Gasteiger partial charge is 0.384 e. The van der Waals surface area contributed by atoms with Crippen LogP contribution in [0, 0.1) is 11.3 Å². The Kier molecular flexibility index (Phi) is 3.72. The van der Waals surface area contributed by atoms with Gasteiger partial charge in [0.05, 0.1) is 0 Å². The Balaban J connectivity index is 2.33. The molecule has 2 rings (SSSR count). The van der Waals surface area contributed by atoms with Crippen molar-refractivity contribution in [2.24, 2.45) is 11.7 Å². The summed E-state index contributed by atoms with van der Waals surface area (Å²) >= 11 is 3.43. The number of benzene rings is 1. The minimum absolute atomic E-state index is 0.138. The third-order valence-electron chi connectivity index (χ3n) is 3.25. The molecule has 1 fully saturated rings. The number of hydrogen-bond donors (Lipinski definition) is 2. The molecule has 3 nitrogen and oxygen atoms in total. The van der Waals surface area contributed by atoms with Crippen LogP contribution in [-0.4, -0.2) is 18.9 Å². The van der Waals surface area contributed by atoms with E-state index in [9.17, 15) is 0 Å². The number of nitrogens with two attached hydrogens (primary N) is 1. The number of nitrogens with one attached hydrogen (secondary N) is 1. The first-order chi connectivity index (χ1) is 8.08. The summed E-state index contributed by atoms with van der Waals surface area (Å²) in [5, 5.41) is 7.67. The third kappa shape index (κ3) is 2.80. The minimum Gasteiger partial charge on any atom is -0.384 e. The molecule has 92 valence electrons. The molecule has 1 atom stereocenters. The molecule has 1 aromatic rings. The Morgan fingerprint density at radius 1 is 1.53 bits per heavy atom. The summed E-state index contributed by atoms with van der Waals surface area (Å²) in [5.41, 5.74) is 7.58. The maximum absolute atomic E-state index is 7.67. The molecule has 1 unspecified atom stereocenters. The topological polar surface area (TPSA) is 53.1 Å². The molecule has 17 heavy (non-hydrogen) atoms. The van der Waals surface area contributed by atoms with Crippen molar-refractivity contribution in [1.29, 1.82) is 5.41 Å². The lowest BCUT2D eigenvalue weighted by molar-refractivity contribution is 0.446. The second kappa shape index (κ2) is 5.08. The number of amidine groups is 1. The van der Waals surface area contributed by atoms with E-state index in [-0.39, 0.29) is 5.84 Å². The predicted octanol–water partition coefficient (Wildman–Crippen LogP) is 2.97. The van der Waals surface area contributed by atoms with Gasteiger partial charge in [0.1, 0.15) is 5.84 Å². The quantitative estimate of drug-likeness (QED) is 0.651. The number of anilines is 1. The number of nitrogen functional groups attached to an aromatic ring is 1. The van der Waals surface area contributed by atoms with E-state index in [1.807, 2.05) is 12.1 Å². The molecule has 1 saturated heterocycles. The van der Waals surface area contributed by atoms with Gasteiger partial charge < -0.3 is 10.6 Å². The van der Waals surface area contributed by atoms with Gasteiger partial charge in [0.2, 0.25) is 0 Å². The van der Waals surface area contributed by atoms with E-state index in [4.69, 9.17) is 11.1 Å².